The number of hydrogen-bond acceptors (Lipinski definition) is 2. The smallest absolute Gasteiger partial charge is 0.239 e. The number of halogens is 1. The van der Waals surface area contributed by atoms with Crippen LogP contribution >= 0.6 is 15.9 Å². The number of likely N-dealkylation sites (tertiary alicyclic amines) is 1. The fourth-order valence-corrected chi connectivity index (χ4v) is 3.12. The highest BCUT2D eigenvalue weighted by molar-refractivity contribution is 9.10. The summed E-state index contributed by atoms with van der Waals surface area (Å²) in [7, 11) is 0. The summed E-state index contributed by atoms with van der Waals surface area (Å²) >= 11 is 3.45. The normalized spacial score (nSPS) is 18.9. The number of carbonyl (C=O) groups is 1. The maximum Gasteiger partial charge on any atom is 0.239 e. The number of nitrogens with one attached hydrogen (secondary N) is 1. The van der Waals surface area contributed by atoms with Gasteiger partial charge in [-0.25, -0.2) is 0 Å². The number of nitrogens with zero attached hydrogens (tertiary/aromatic N) is 1. The van der Waals surface area contributed by atoms with Crippen molar-refractivity contribution in [1.82, 2.24) is 10.2 Å². The van der Waals surface area contributed by atoms with E-state index < -0.39 is 0 Å². The van der Waals surface area contributed by atoms with Crippen LogP contribution in [-0.2, 0) is 4.79 Å². The quantitative estimate of drug-likeness (QED) is 0.891. The van der Waals surface area contributed by atoms with E-state index in [1.54, 1.807) is 0 Å². The third-order valence-electron chi connectivity index (χ3n) is 4.16. The van der Waals surface area contributed by atoms with Crippen molar-refractivity contribution in [2.45, 2.75) is 51.6 Å². The zero-order chi connectivity index (χ0) is 15.2. The second-order valence-corrected chi connectivity index (χ2v) is 6.82. The zero-order valence-corrected chi connectivity index (χ0v) is 14.5. The monoisotopic (exact) mass is 352 g/mol. The topological polar surface area (TPSA) is 32.3 Å². The minimum absolute atomic E-state index is 0.137. The molecule has 116 valence electrons. The van der Waals surface area contributed by atoms with Crippen molar-refractivity contribution in [2.24, 2.45) is 0 Å². The van der Waals surface area contributed by atoms with Crippen molar-refractivity contribution in [1.29, 1.82) is 0 Å². The molecule has 0 aliphatic carbocycles. The first-order valence-corrected chi connectivity index (χ1v) is 8.67. The number of carbonyl (C=O) groups excluding carboxylic acids is 1. The Morgan fingerprint density at radius 1 is 1.10 bits per heavy atom. The van der Waals surface area contributed by atoms with Crippen molar-refractivity contribution in [3.05, 3.63) is 34.3 Å². The molecule has 0 saturated carbocycles. The van der Waals surface area contributed by atoms with E-state index in [0.717, 1.165) is 30.4 Å². The molecule has 4 heteroatoms. The molecule has 1 aromatic rings. The molecular formula is C17H25BrN2O. The molecule has 21 heavy (non-hydrogen) atoms. The molecule has 1 aliphatic rings. The van der Waals surface area contributed by atoms with Crippen LogP contribution in [0, 0.1) is 0 Å². The van der Waals surface area contributed by atoms with Crippen LogP contribution in [0.4, 0.5) is 0 Å². The number of benzene rings is 1. The van der Waals surface area contributed by atoms with Gasteiger partial charge in [0.05, 0.1) is 6.04 Å². The van der Waals surface area contributed by atoms with Crippen molar-refractivity contribution >= 4 is 21.8 Å². The van der Waals surface area contributed by atoms with Gasteiger partial charge in [0.2, 0.25) is 5.91 Å². The number of amides is 1. The van der Waals surface area contributed by atoms with Gasteiger partial charge in [-0.1, -0.05) is 40.9 Å². The van der Waals surface area contributed by atoms with E-state index in [-0.39, 0.29) is 18.0 Å². The molecule has 1 N–H and O–H groups in total. The van der Waals surface area contributed by atoms with Crippen LogP contribution in [0.1, 0.15) is 51.1 Å². The zero-order valence-electron chi connectivity index (χ0n) is 12.9. The van der Waals surface area contributed by atoms with Crippen molar-refractivity contribution < 1.29 is 4.79 Å². The summed E-state index contributed by atoms with van der Waals surface area (Å²) in [6.07, 6.45) is 4.78. The van der Waals surface area contributed by atoms with E-state index in [1.165, 1.54) is 18.4 Å². The van der Waals surface area contributed by atoms with Gasteiger partial charge in [0.1, 0.15) is 0 Å². The van der Waals surface area contributed by atoms with E-state index in [0.29, 0.717) is 0 Å². The van der Waals surface area contributed by atoms with E-state index in [9.17, 15) is 4.79 Å². The van der Waals surface area contributed by atoms with Gasteiger partial charge in [0, 0.05) is 23.6 Å². The largest absolute Gasteiger partial charge is 0.341 e. The third-order valence-corrected chi connectivity index (χ3v) is 4.69. The molecule has 1 aromatic carbocycles. The first-order valence-electron chi connectivity index (χ1n) is 7.88. The highest BCUT2D eigenvalue weighted by Crippen LogP contribution is 2.18. The van der Waals surface area contributed by atoms with Gasteiger partial charge in [0.15, 0.2) is 0 Å². The second-order valence-electron chi connectivity index (χ2n) is 5.90. The predicted molar refractivity (Wildman–Crippen MR) is 90.2 cm³/mol. The molecule has 1 fully saturated rings. The lowest BCUT2D eigenvalue weighted by molar-refractivity contribution is -0.133. The average Bonchev–Trinajstić information content (AvgIpc) is 2.76. The summed E-state index contributed by atoms with van der Waals surface area (Å²) in [5, 5.41) is 3.43. The molecule has 1 unspecified atom stereocenters. The minimum atomic E-state index is -0.137. The second kappa shape index (κ2) is 7.95. The Labute approximate surface area is 136 Å². The van der Waals surface area contributed by atoms with Gasteiger partial charge >= 0.3 is 0 Å². The van der Waals surface area contributed by atoms with Crippen LogP contribution in [-0.4, -0.2) is 29.9 Å². The first-order chi connectivity index (χ1) is 10.1. The molecule has 0 bridgehead atoms. The van der Waals surface area contributed by atoms with Gasteiger partial charge in [0.25, 0.3) is 0 Å². The molecule has 2 rings (SSSR count). The fourth-order valence-electron chi connectivity index (χ4n) is 2.86. The fraction of sp³-hybridized carbons (Fsp3) is 0.588. The van der Waals surface area contributed by atoms with Crippen LogP contribution in [0.5, 0.6) is 0 Å². The summed E-state index contributed by atoms with van der Waals surface area (Å²) < 4.78 is 1.08. The summed E-state index contributed by atoms with van der Waals surface area (Å²) in [5.41, 5.74) is 1.20. The lowest BCUT2D eigenvalue weighted by Crippen LogP contribution is -2.45. The van der Waals surface area contributed by atoms with Crippen LogP contribution in [0.25, 0.3) is 0 Å². The van der Waals surface area contributed by atoms with Gasteiger partial charge in [-0.2, -0.15) is 0 Å². The Hall–Kier alpha value is -0.870. The molecule has 1 aliphatic heterocycles. The number of hydrogen-bond donors (Lipinski definition) is 1. The molecule has 1 heterocycles. The Morgan fingerprint density at radius 2 is 1.67 bits per heavy atom. The van der Waals surface area contributed by atoms with Crippen molar-refractivity contribution in [2.75, 3.05) is 13.1 Å². The molecule has 0 spiro atoms. The molecule has 3 nitrogen and oxygen atoms in total. The van der Waals surface area contributed by atoms with Gasteiger partial charge in [-0.3, -0.25) is 10.1 Å². The predicted octanol–water partition coefficient (Wildman–Crippen LogP) is 3.89. The van der Waals surface area contributed by atoms with Crippen molar-refractivity contribution in [3.8, 4) is 0 Å². The third kappa shape index (κ3) is 4.82. The summed E-state index contributed by atoms with van der Waals surface area (Å²) in [6, 6.07) is 8.28. The van der Waals surface area contributed by atoms with E-state index in [4.69, 9.17) is 0 Å². The lowest BCUT2D eigenvalue weighted by Gasteiger charge is -2.27. The maximum absolute atomic E-state index is 12.5. The Balaban J connectivity index is 1.91. The van der Waals surface area contributed by atoms with Crippen LogP contribution in [0.15, 0.2) is 28.7 Å². The standard InChI is InChI=1S/C17H25BrN2O/c1-13(15-7-9-16(18)10-8-15)19-14(2)17(21)20-11-5-3-4-6-12-20/h7-10,13-14,19H,3-6,11-12H2,1-2H3/t13-,14?/m1/s1. The maximum atomic E-state index is 12.5. The molecule has 1 saturated heterocycles. The van der Waals surface area contributed by atoms with Gasteiger partial charge in [-0.15, -0.1) is 0 Å². The molecule has 0 radical (unpaired) electrons. The summed E-state index contributed by atoms with van der Waals surface area (Å²) in [4.78, 5) is 14.6. The molecule has 2 atom stereocenters. The van der Waals surface area contributed by atoms with Crippen molar-refractivity contribution in [3.63, 3.8) is 0 Å². The van der Waals surface area contributed by atoms with Crippen LogP contribution in [0.2, 0.25) is 0 Å². The van der Waals surface area contributed by atoms with Gasteiger partial charge in [-0.05, 0) is 44.4 Å². The Kier molecular flexibility index (Phi) is 6.24. The van der Waals surface area contributed by atoms with E-state index in [1.807, 2.05) is 24.0 Å². The summed E-state index contributed by atoms with van der Waals surface area (Å²) in [6.45, 7) is 5.91. The highest BCUT2D eigenvalue weighted by atomic mass is 79.9. The molecule has 1 amide bonds. The molecule has 0 aromatic heterocycles. The Bertz CT molecular complexity index is 452. The first kappa shape index (κ1) is 16.5. The average molecular weight is 353 g/mol. The van der Waals surface area contributed by atoms with E-state index >= 15 is 0 Å². The summed E-state index contributed by atoms with van der Waals surface area (Å²) in [5.74, 6) is 0.237. The minimum Gasteiger partial charge on any atom is -0.341 e. The highest BCUT2D eigenvalue weighted by Gasteiger charge is 2.22. The molecular weight excluding hydrogens is 328 g/mol. The van der Waals surface area contributed by atoms with E-state index in [2.05, 4.69) is 40.3 Å². The van der Waals surface area contributed by atoms with Gasteiger partial charge < -0.3 is 4.90 Å². The number of rotatable bonds is 4. The Morgan fingerprint density at radius 3 is 2.24 bits per heavy atom. The van der Waals surface area contributed by atoms with Crippen LogP contribution < -0.4 is 5.32 Å². The van der Waals surface area contributed by atoms with Crippen LogP contribution in [0.3, 0.4) is 0 Å². The SMILES string of the molecule is CC(N[C@H](C)c1ccc(Br)cc1)C(=O)N1CCCCCC1. The lowest BCUT2D eigenvalue weighted by atomic mass is 10.1.